The minimum Gasteiger partial charge on any atom is -0.390 e. The van der Waals surface area contributed by atoms with Gasteiger partial charge >= 0.3 is 6.18 Å². The molecule has 0 heterocycles. The monoisotopic (exact) mass is 274 g/mol. The molecular formula is C15H21F3O. The standard InChI is InChI=1S/C15H21F3O/c1-11-5-6-13(9-12(11)2)10-14(3,19)7-4-8-15(16,17)18/h5-6,9,19H,4,7-8,10H2,1-3H3. The van der Waals surface area contributed by atoms with Gasteiger partial charge in [-0.1, -0.05) is 18.2 Å². The highest BCUT2D eigenvalue weighted by atomic mass is 19.4. The Bertz CT molecular complexity index is 422. The van der Waals surface area contributed by atoms with Gasteiger partial charge in [0.05, 0.1) is 5.60 Å². The van der Waals surface area contributed by atoms with Crippen LogP contribution in [0.3, 0.4) is 0 Å². The lowest BCUT2D eigenvalue weighted by Crippen LogP contribution is -2.27. The molecule has 1 rings (SSSR count). The molecule has 4 heteroatoms. The molecule has 0 aliphatic rings. The molecule has 19 heavy (non-hydrogen) atoms. The van der Waals surface area contributed by atoms with Crippen LogP contribution in [0.2, 0.25) is 0 Å². The highest BCUT2D eigenvalue weighted by Gasteiger charge is 2.29. The van der Waals surface area contributed by atoms with E-state index in [0.717, 1.165) is 11.1 Å². The second-order valence-corrected chi connectivity index (χ2v) is 5.56. The summed E-state index contributed by atoms with van der Waals surface area (Å²) in [6.45, 7) is 5.58. The summed E-state index contributed by atoms with van der Waals surface area (Å²) in [6.07, 6.45) is -4.49. The Kier molecular flexibility index (Phi) is 5.02. The molecule has 1 unspecified atom stereocenters. The van der Waals surface area contributed by atoms with E-state index >= 15 is 0 Å². The molecule has 0 aliphatic carbocycles. The van der Waals surface area contributed by atoms with Crippen molar-refractivity contribution in [3.05, 3.63) is 34.9 Å². The molecule has 1 aromatic rings. The van der Waals surface area contributed by atoms with Crippen molar-refractivity contribution in [1.29, 1.82) is 0 Å². The maximum atomic E-state index is 12.1. The van der Waals surface area contributed by atoms with E-state index in [1.165, 1.54) is 5.56 Å². The van der Waals surface area contributed by atoms with Gasteiger partial charge in [0, 0.05) is 12.8 Å². The Balaban J connectivity index is 2.56. The summed E-state index contributed by atoms with van der Waals surface area (Å²) in [5.41, 5.74) is 2.16. The van der Waals surface area contributed by atoms with Crippen molar-refractivity contribution in [1.82, 2.24) is 0 Å². The van der Waals surface area contributed by atoms with Crippen molar-refractivity contribution in [2.45, 2.75) is 58.2 Å². The van der Waals surface area contributed by atoms with Crippen LogP contribution in [0, 0.1) is 13.8 Å². The van der Waals surface area contributed by atoms with E-state index in [4.69, 9.17) is 0 Å². The van der Waals surface area contributed by atoms with Gasteiger partial charge in [0.25, 0.3) is 0 Å². The molecule has 0 spiro atoms. The topological polar surface area (TPSA) is 20.2 Å². The molecule has 1 atom stereocenters. The third kappa shape index (κ3) is 6.10. The third-order valence-electron chi connectivity index (χ3n) is 3.33. The van der Waals surface area contributed by atoms with Crippen molar-refractivity contribution < 1.29 is 18.3 Å². The highest BCUT2D eigenvalue weighted by molar-refractivity contribution is 5.30. The highest BCUT2D eigenvalue weighted by Crippen LogP contribution is 2.26. The molecular weight excluding hydrogens is 253 g/mol. The van der Waals surface area contributed by atoms with E-state index in [2.05, 4.69) is 0 Å². The van der Waals surface area contributed by atoms with E-state index in [0.29, 0.717) is 6.42 Å². The van der Waals surface area contributed by atoms with Gasteiger partial charge in [-0.3, -0.25) is 0 Å². The SMILES string of the molecule is Cc1ccc(CC(C)(O)CCCC(F)(F)F)cc1C. The van der Waals surface area contributed by atoms with Gasteiger partial charge in [-0.25, -0.2) is 0 Å². The number of aliphatic hydroxyl groups is 1. The van der Waals surface area contributed by atoms with Gasteiger partial charge in [0.15, 0.2) is 0 Å². The average molecular weight is 274 g/mol. The Hall–Kier alpha value is -1.03. The first-order valence-electron chi connectivity index (χ1n) is 6.44. The third-order valence-corrected chi connectivity index (χ3v) is 3.33. The van der Waals surface area contributed by atoms with E-state index in [-0.39, 0.29) is 12.8 Å². The second-order valence-electron chi connectivity index (χ2n) is 5.56. The molecule has 1 nitrogen and oxygen atoms in total. The number of hydrogen-bond acceptors (Lipinski definition) is 1. The summed E-state index contributed by atoms with van der Waals surface area (Å²) in [4.78, 5) is 0. The van der Waals surface area contributed by atoms with Gasteiger partial charge in [-0.2, -0.15) is 13.2 Å². The lowest BCUT2D eigenvalue weighted by molar-refractivity contribution is -0.137. The van der Waals surface area contributed by atoms with Crippen LogP contribution in [-0.2, 0) is 6.42 Å². The van der Waals surface area contributed by atoms with Crippen LogP contribution >= 0.6 is 0 Å². The fourth-order valence-electron chi connectivity index (χ4n) is 2.11. The molecule has 0 radical (unpaired) electrons. The number of halogens is 3. The van der Waals surface area contributed by atoms with Crippen LogP contribution < -0.4 is 0 Å². The summed E-state index contributed by atoms with van der Waals surface area (Å²) in [7, 11) is 0. The molecule has 1 N–H and O–H groups in total. The number of hydrogen-bond donors (Lipinski definition) is 1. The number of alkyl halides is 3. The quantitative estimate of drug-likeness (QED) is 0.847. The zero-order valence-corrected chi connectivity index (χ0v) is 11.6. The number of benzene rings is 1. The zero-order valence-electron chi connectivity index (χ0n) is 11.6. The average Bonchev–Trinajstić information content (AvgIpc) is 2.20. The first-order valence-corrected chi connectivity index (χ1v) is 6.44. The van der Waals surface area contributed by atoms with Gasteiger partial charge in [0.2, 0.25) is 0 Å². The van der Waals surface area contributed by atoms with Crippen LogP contribution in [0.5, 0.6) is 0 Å². The van der Waals surface area contributed by atoms with Crippen molar-refractivity contribution in [3.8, 4) is 0 Å². The van der Waals surface area contributed by atoms with Crippen LogP contribution in [-0.4, -0.2) is 16.9 Å². The van der Waals surface area contributed by atoms with E-state index in [1.54, 1.807) is 6.92 Å². The summed E-state index contributed by atoms with van der Waals surface area (Å²) < 4.78 is 36.2. The van der Waals surface area contributed by atoms with Crippen LogP contribution in [0.15, 0.2) is 18.2 Å². The van der Waals surface area contributed by atoms with Gasteiger partial charge in [0.1, 0.15) is 0 Å². The molecule has 0 aliphatic heterocycles. The summed E-state index contributed by atoms with van der Waals surface area (Å²) in [5, 5.41) is 10.2. The molecule has 0 saturated heterocycles. The fraction of sp³-hybridized carbons (Fsp3) is 0.600. The smallest absolute Gasteiger partial charge is 0.389 e. The molecule has 0 amide bonds. The maximum absolute atomic E-state index is 12.1. The molecule has 0 fully saturated rings. The summed E-state index contributed by atoms with van der Waals surface area (Å²) in [5.74, 6) is 0. The normalized spacial score (nSPS) is 15.3. The molecule has 1 aromatic carbocycles. The minimum absolute atomic E-state index is 0.0403. The van der Waals surface area contributed by atoms with Crippen molar-refractivity contribution in [2.24, 2.45) is 0 Å². The summed E-state index contributed by atoms with van der Waals surface area (Å²) in [6, 6.07) is 5.87. The van der Waals surface area contributed by atoms with E-state index in [9.17, 15) is 18.3 Å². The lowest BCUT2D eigenvalue weighted by atomic mass is 9.90. The Morgan fingerprint density at radius 2 is 1.68 bits per heavy atom. The molecule has 108 valence electrons. The van der Waals surface area contributed by atoms with Crippen LogP contribution in [0.4, 0.5) is 13.2 Å². The molecule has 0 saturated carbocycles. The first kappa shape index (κ1) is 16.0. The maximum Gasteiger partial charge on any atom is 0.389 e. The summed E-state index contributed by atoms with van der Waals surface area (Å²) >= 11 is 0. The Labute approximate surface area is 112 Å². The predicted octanol–water partition coefficient (Wildman–Crippen LogP) is 4.33. The number of aryl methyl sites for hydroxylation is 2. The minimum atomic E-state index is -4.14. The van der Waals surface area contributed by atoms with Gasteiger partial charge in [-0.05, 0) is 50.3 Å². The molecule has 0 bridgehead atoms. The zero-order chi connectivity index (χ0) is 14.7. The Morgan fingerprint density at radius 1 is 1.05 bits per heavy atom. The van der Waals surface area contributed by atoms with Crippen molar-refractivity contribution in [2.75, 3.05) is 0 Å². The molecule has 0 aromatic heterocycles. The van der Waals surface area contributed by atoms with Crippen LogP contribution in [0.25, 0.3) is 0 Å². The Morgan fingerprint density at radius 3 is 2.21 bits per heavy atom. The first-order chi connectivity index (χ1) is 8.59. The lowest BCUT2D eigenvalue weighted by Gasteiger charge is -2.24. The van der Waals surface area contributed by atoms with E-state index in [1.807, 2.05) is 32.0 Å². The van der Waals surface area contributed by atoms with Crippen molar-refractivity contribution >= 4 is 0 Å². The van der Waals surface area contributed by atoms with Gasteiger partial charge < -0.3 is 5.11 Å². The predicted molar refractivity (Wildman–Crippen MR) is 70.1 cm³/mol. The number of rotatable bonds is 5. The second kappa shape index (κ2) is 5.95. The van der Waals surface area contributed by atoms with E-state index < -0.39 is 18.2 Å². The van der Waals surface area contributed by atoms with Gasteiger partial charge in [-0.15, -0.1) is 0 Å². The van der Waals surface area contributed by atoms with Crippen LogP contribution in [0.1, 0.15) is 42.9 Å². The largest absolute Gasteiger partial charge is 0.390 e. The fourth-order valence-corrected chi connectivity index (χ4v) is 2.11. The van der Waals surface area contributed by atoms with Crippen molar-refractivity contribution in [3.63, 3.8) is 0 Å².